The van der Waals surface area contributed by atoms with Crippen molar-refractivity contribution in [2.45, 2.75) is 36.6 Å². The van der Waals surface area contributed by atoms with E-state index in [-0.39, 0.29) is 0 Å². The zero-order chi connectivity index (χ0) is 28.7. The normalized spacial score (nSPS) is 29.3. The van der Waals surface area contributed by atoms with E-state index in [2.05, 4.69) is 27.1 Å². The number of rotatable bonds is 12. The van der Waals surface area contributed by atoms with Crippen molar-refractivity contribution in [3.8, 4) is 0 Å². The van der Waals surface area contributed by atoms with Crippen LogP contribution in [0.4, 0.5) is 0 Å². The molecule has 0 saturated heterocycles. The quantitative estimate of drug-likeness (QED) is 0.0920. The molecule has 0 heterocycles. The van der Waals surface area contributed by atoms with Crippen LogP contribution >= 0.6 is 46.9 Å². The molecule has 0 unspecified atom stereocenters. The van der Waals surface area contributed by atoms with Gasteiger partial charge in [-0.25, -0.2) is 27.4 Å². The number of phosphoric acid groups is 6. The highest BCUT2D eigenvalue weighted by Crippen LogP contribution is 2.57. The Morgan fingerprint density at radius 2 is 0.361 bits per heavy atom. The first kappa shape index (κ1) is 34.7. The topological polar surface area (TPSA) is 401 Å². The van der Waals surface area contributed by atoms with Crippen LogP contribution in [0.15, 0.2) is 0 Å². The van der Waals surface area contributed by atoms with Gasteiger partial charge in [0.05, 0.1) is 0 Å². The van der Waals surface area contributed by atoms with E-state index in [0.29, 0.717) is 0 Å². The molecule has 36 heavy (non-hydrogen) atoms. The van der Waals surface area contributed by atoms with Crippen molar-refractivity contribution in [1.29, 1.82) is 0 Å². The fourth-order valence-corrected chi connectivity index (χ4v) is 6.14. The van der Waals surface area contributed by atoms with Crippen molar-refractivity contribution in [2.24, 2.45) is 0 Å². The van der Waals surface area contributed by atoms with Gasteiger partial charge in [-0.2, -0.15) is 0 Å². The fourth-order valence-electron chi connectivity index (χ4n) is 2.79. The van der Waals surface area contributed by atoms with Gasteiger partial charge in [0.15, 0.2) is 0 Å². The van der Waals surface area contributed by atoms with Crippen molar-refractivity contribution in [3.05, 3.63) is 0 Å². The third kappa shape index (κ3) is 13.1. The Morgan fingerprint density at radius 1 is 0.278 bits per heavy atom. The molecule has 24 nitrogen and oxygen atoms in total. The molecule has 0 bridgehead atoms. The minimum atomic E-state index is -6.02. The van der Waals surface area contributed by atoms with E-state index >= 15 is 0 Å². The predicted molar refractivity (Wildman–Crippen MR) is 102 cm³/mol. The smallest absolute Gasteiger partial charge is 0.303 e. The molecule has 0 aromatic carbocycles. The van der Waals surface area contributed by atoms with E-state index in [1.54, 1.807) is 0 Å². The summed E-state index contributed by atoms with van der Waals surface area (Å²) in [5, 5.41) is 0. The maximum Gasteiger partial charge on any atom is 0.470 e. The zero-order valence-electron chi connectivity index (χ0n) is 16.4. The van der Waals surface area contributed by atoms with E-state index in [0.717, 1.165) is 0 Å². The summed E-state index contributed by atoms with van der Waals surface area (Å²) in [6, 6.07) is 0. The van der Waals surface area contributed by atoms with Crippen molar-refractivity contribution < 1.29 is 113 Å². The van der Waals surface area contributed by atoms with Crippen molar-refractivity contribution in [2.75, 3.05) is 0 Å². The Hall–Kier alpha value is 0.660. The minimum absolute atomic E-state index is 3.14. The molecule has 1 aliphatic rings. The molecular weight excluding hydrogens is 642 g/mol. The Kier molecular flexibility index (Phi) is 11.2. The van der Waals surface area contributed by atoms with Gasteiger partial charge in [0.2, 0.25) is 0 Å². The second kappa shape index (κ2) is 11.6. The molecule has 12 N–H and O–H groups in total. The summed E-state index contributed by atoms with van der Waals surface area (Å²) in [5.41, 5.74) is 0. The SMILES string of the molecule is O=P(O)(O)O[C@H]1[C@H](OP(=O)(O)O)[C@@H](OP(=O)(O)O)[C@@H](OP(=O)(O)O)[C@H](OP(=O)(O)O)[C@H]1OP(=O)(O)O. The van der Waals surface area contributed by atoms with E-state index < -0.39 is 83.6 Å². The highest BCUT2D eigenvalue weighted by molar-refractivity contribution is 7.47. The molecule has 216 valence electrons. The van der Waals surface area contributed by atoms with E-state index in [9.17, 15) is 27.4 Å². The van der Waals surface area contributed by atoms with Crippen LogP contribution in [0.25, 0.3) is 0 Å². The number of phosphoric ester groups is 6. The Morgan fingerprint density at radius 3 is 0.417 bits per heavy atom. The van der Waals surface area contributed by atoms with Crippen LogP contribution in [0.5, 0.6) is 0 Å². The summed E-state index contributed by atoms with van der Waals surface area (Å²) in [6.45, 7) is 0. The Bertz CT molecular complexity index is 818. The molecule has 1 fully saturated rings. The maximum absolute atomic E-state index is 11.4. The summed E-state index contributed by atoms with van der Waals surface area (Å²) in [7, 11) is -36.1. The second-order valence-electron chi connectivity index (χ2n) is 6.36. The minimum Gasteiger partial charge on any atom is -0.303 e. The van der Waals surface area contributed by atoms with Crippen molar-refractivity contribution >= 4 is 46.9 Å². The first-order valence-electron chi connectivity index (χ1n) is 8.01. The number of hydrogen-bond acceptors (Lipinski definition) is 12. The molecule has 1 rings (SSSR count). The lowest BCUT2D eigenvalue weighted by molar-refractivity contribution is -0.202. The van der Waals surface area contributed by atoms with Crippen LogP contribution in [-0.4, -0.2) is 95.3 Å². The highest BCUT2D eigenvalue weighted by atomic mass is 31.2. The third-order valence-electron chi connectivity index (χ3n) is 3.50. The highest BCUT2D eigenvalue weighted by Gasteiger charge is 2.62. The average molecular weight is 660 g/mol. The molecule has 0 amide bonds. The third-order valence-corrected chi connectivity index (χ3v) is 6.61. The molecule has 0 aromatic heterocycles. The van der Waals surface area contributed by atoms with Gasteiger partial charge in [-0.05, 0) is 0 Å². The van der Waals surface area contributed by atoms with Gasteiger partial charge >= 0.3 is 46.9 Å². The monoisotopic (exact) mass is 660 g/mol. The summed E-state index contributed by atoms with van der Waals surface area (Å²) in [6.07, 6.45) is -18.9. The van der Waals surface area contributed by atoms with Gasteiger partial charge in [-0.1, -0.05) is 0 Å². The maximum atomic E-state index is 11.4. The van der Waals surface area contributed by atoms with Crippen LogP contribution in [0, 0.1) is 0 Å². The summed E-state index contributed by atoms with van der Waals surface area (Å²) in [5.74, 6) is 0. The predicted octanol–water partition coefficient (Wildman–Crippen LogP) is -3.13. The number of hydrogen-bond donors (Lipinski definition) is 12. The van der Waals surface area contributed by atoms with E-state index in [1.165, 1.54) is 0 Å². The summed E-state index contributed by atoms with van der Waals surface area (Å²) < 4.78 is 93.1. The second-order valence-corrected chi connectivity index (χ2v) is 13.5. The molecule has 1 aliphatic carbocycles. The van der Waals surface area contributed by atoms with Crippen LogP contribution in [0.1, 0.15) is 0 Å². The lowest BCUT2D eigenvalue weighted by Gasteiger charge is -2.48. The standard InChI is InChI=1S/C6H18O24P6/c7-31(8,9)25-1-2(26-32(10,11)12)4(28-34(16,17)18)6(30-36(22,23)24)5(29-35(19,20)21)3(1)27-33(13,14)15/h1-6H,(H2,7,8,9)(H2,10,11,12)(H2,13,14,15)(H2,16,17,18)(H2,19,20,21)(H2,22,23,24)/t1-,2-,3-,4+,5+,6+. The molecule has 0 atom stereocenters. The first-order valence-corrected chi connectivity index (χ1v) is 17.2. The molecule has 0 spiro atoms. The summed E-state index contributed by atoms with van der Waals surface area (Å²) in [4.78, 5) is 110. The largest absolute Gasteiger partial charge is 0.470 e. The van der Waals surface area contributed by atoms with E-state index in [4.69, 9.17) is 58.7 Å². The summed E-state index contributed by atoms with van der Waals surface area (Å²) >= 11 is 0. The lowest BCUT2D eigenvalue weighted by Crippen LogP contribution is -2.66. The van der Waals surface area contributed by atoms with Gasteiger partial charge < -0.3 is 58.7 Å². The average Bonchev–Trinajstić information content (AvgIpc) is 2.51. The van der Waals surface area contributed by atoms with Crippen molar-refractivity contribution in [1.82, 2.24) is 0 Å². The van der Waals surface area contributed by atoms with E-state index in [1.807, 2.05) is 0 Å². The van der Waals surface area contributed by atoms with Crippen LogP contribution in [0.3, 0.4) is 0 Å². The van der Waals surface area contributed by atoms with Crippen LogP contribution in [-0.2, 0) is 54.5 Å². The van der Waals surface area contributed by atoms with Crippen LogP contribution < -0.4 is 0 Å². The van der Waals surface area contributed by atoms with Gasteiger partial charge in [0.1, 0.15) is 36.6 Å². The van der Waals surface area contributed by atoms with Gasteiger partial charge in [-0.3, -0.25) is 27.1 Å². The van der Waals surface area contributed by atoms with Crippen molar-refractivity contribution in [3.63, 3.8) is 0 Å². The van der Waals surface area contributed by atoms with Crippen LogP contribution in [0.2, 0.25) is 0 Å². The molecule has 0 aliphatic heterocycles. The molecule has 1 saturated carbocycles. The molecular formula is C6H18O24P6. The molecule has 0 aromatic rings. The van der Waals surface area contributed by atoms with Gasteiger partial charge in [0, 0.05) is 0 Å². The molecule has 30 heteroatoms. The lowest BCUT2D eigenvalue weighted by atomic mass is 9.85. The Balaban J connectivity index is 4.04. The van der Waals surface area contributed by atoms with Gasteiger partial charge in [-0.15, -0.1) is 0 Å². The first-order chi connectivity index (χ1) is 15.6. The zero-order valence-corrected chi connectivity index (χ0v) is 21.8. The Labute approximate surface area is 197 Å². The van der Waals surface area contributed by atoms with Gasteiger partial charge in [0.25, 0.3) is 0 Å². The fraction of sp³-hybridized carbons (Fsp3) is 1.00. The molecule has 0 radical (unpaired) electrons.